The summed E-state index contributed by atoms with van der Waals surface area (Å²) in [5, 5.41) is 8.28. The van der Waals surface area contributed by atoms with Crippen molar-refractivity contribution in [2.75, 3.05) is 19.6 Å². The van der Waals surface area contributed by atoms with Crippen molar-refractivity contribution in [3.05, 3.63) is 0 Å². The molecule has 2 nitrogen and oxygen atoms in total. The minimum atomic E-state index is 0.469. The van der Waals surface area contributed by atoms with Crippen LogP contribution in [0.2, 0.25) is 0 Å². The van der Waals surface area contributed by atoms with E-state index in [1.54, 1.807) is 0 Å². The van der Waals surface area contributed by atoms with E-state index in [1.165, 1.54) is 0 Å². The van der Waals surface area contributed by atoms with E-state index in [9.17, 15) is 0 Å². The van der Waals surface area contributed by atoms with Crippen molar-refractivity contribution in [3.63, 3.8) is 0 Å². The van der Waals surface area contributed by atoms with Crippen LogP contribution in [0.15, 0.2) is 0 Å². The maximum atomic E-state index is 8.28. The van der Waals surface area contributed by atoms with Crippen LogP contribution in [0.25, 0.3) is 0 Å². The zero-order chi connectivity index (χ0) is 6.91. The molecule has 0 unspecified atom stereocenters. The Morgan fingerprint density at radius 1 is 1.56 bits per heavy atom. The molecule has 0 aliphatic carbocycles. The molecule has 0 aromatic heterocycles. The van der Waals surface area contributed by atoms with Crippen LogP contribution >= 0.6 is 0 Å². The highest BCUT2D eigenvalue weighted by Gasteiger charge is 2.33. The molecule has 0 saturated carbocycles. The van der Waals surface area contributed by atoms with Gasteiger partial charge in [0.05, 0.1) is 12.6 Å². The lowest BCUT2D eigenvalue weighted by atomic mass is 9.85. The predicted octanol–water partition coefficient (Wildman–Crippen LogP) is 0.852. The van der Waals surface area contributed by atoms with Gasteiger partial charge in [-0.3, -0.25) is 4.90 Å². The third-order valence-electron chi connectivity index (χ3n) is 1.60. The van der Waals surface area contributed by atoms with E-state index in [0.29, 0.717) is 12.0 Å². The highest BCUT2D eigenvalue weighted by atomic mass is 15.2. The van der Waals surface area contributed by atoms with Crippen molar-refractivity contribution in [1.29, 1.82) is 5.26 Å². The monoisotopic (exact) mass is 124 g/mol. The molecule has 0 aromatic rings. The van der Waals surface area contributed by atoms with E-state index < -0.39 is 0 Å². The first-order chi connectivity index (χ1) is 4.14. The molecule has 50 valence electrons. The summed E-state index contributed by atoms with van der Waals surface area (Å²) in [6, 6.07) is 2.13. The van der Waals surface area contributed by atoms with E-state index in [4.69, 9.17) is 5.26 Å². The van der Waals surface area contributed by atoms with E-state index in [1.807, 2.05) is 0 Å². The number of rotatable bonds is 1. The molecule has 0 radical (unpaired) electrons. The van der Waals surface area contributed by atoms with Gasteiger partial charge in [-0.25, -0.2) is 0 Å². The predicted molar refractivity (Wildman–Crippen MR) is 35.8 cm³/mol. The molecule has 1 fully saturated rings. The van der Waals surface area contributed by atoms with Gasteiger partial charge in [-0.15, -0.1) is 0 Å². The smallest absolute Gasteiger partial charge is 0.0866 e. The third kappa shape index (κ3) is 1.43. The van der Waals surface area contributed by atoms with Gasteiger partial charge in [0.15, 0.2) is 0 Å². The van der Waals surface area contributed by atoms with Gasteiger partial charge < -0.3 is 0 Å². The Labute approximate surface area is 56.1 Å². The van der Waals surface area contributed by atoms with Crippen molar-refractivity contribution >= 4 is 0 Å². The van der Waals surface area contributed by atoms with Crippen LogP contribution < -0.4 is 0 Å². The maximum absolute atomic E-state index is 8.28. The quantitative estimate of drug-likeness (QED) is 0.484. The minimum Gasteiger partial charge on any atom is -0.289 e. The first kappa shape index (κ1) is 6.57. The van der Waals surface area contributed by atoms with Crippen molar-refractivity contribution in [2.45, 2.75) is 13.8 Å². The maximum Gasteiger partial charge on any atom is 0.0866 e. The fourth-order valence-corrected chi connectivity index (χ4v) is 1.38. The highest BCUT2D eigenvalue weighted by molar-refractivity contribution is 4.91. The lowest BCUT2D eigenvalue weighted by Crippen LogP contribution is -2.52. The highest BCUT2D eigenvalue weighted by Crippen LogP contribution is 2.27. The van der Waals surface area contributed by atoms with E-state index >= 15 is 0 Å². The van der Waals surface area contributed by atoms with Crippen LogP contribution in [0.5, 0.6) is 0 Å². The summed E-state index contributed by atoms with van der Waals surface area (Å²) < 4.78 is 0. The minimum absolute atomic E-state index is 0.469. The van der Waals surface area contributed by atoms with Crippen LogP contribution in [0.4, 0.5) is 0 Å². The summed E-state index contributed by atoms with van der Waals surface area (Å²) in [4.78, 5) is 2.15. The first-order valence-electron chi connectivity index (χ1n) is 3.23. The van der Waals surface area contributed by atoms with Crippen LogP contribution in [-0.4, -0.2) is 24.5 Å². The van der Waals surface area contributed by atoms with E-state index in [-0.39, 0.29) is 0 Å². The SMILES string of the molecule is CC1(C)CN(CC#N)C1. The number of hydrogen-bond donors (Lipinski definition) is 0. The molecular weight excluding hydrogens is 112 g/mol. The third-order valence-corrected chi connectivity index (χ3v) is 1.60. The molecule has 0 N–H and O–H groups in total. The summed E-state index contributed by atoms with van der Waals surface area (Å²) in [5.74, 6) is 0. The summed E-state index contributed by atoms with van der Waals surface area (Å²) in [6.07, 6.45) is 0. The van der Waals surface area contributed by atoms with Gasteiger partial charge in [0.1, 0.15) is 0 Å². The van der Waals surface area contributed by atoms with Gasteiger partial charge in [-0.1, -0.05) is 13.8 Å². The number of nitrogens with zero attached hydrogens (tertiary/aromatic N) is 2. The van der Waals surface area contributed by atoms with Crippen LogP contribution in [0.3, 0.4) is 0 Å². The standard InChI is InChI=1S/C7H12N2/c1-7(2)5-9(6-7)4-3-8/h4-6H2,1-2H3. The van der Waals surface area contributed by atoms with Gasteiger partial charge >= 0.3 is 0 Å². The lowest BCUT2D eigenvalue weighted by molar-refractivity contribution is 0.0439. The van der Waals surface area contributed by atoms with Crippen LogP contribution in [0, 0.1) is 16.7 Å². The molecule has 1 rings (SSSR count). The molecule has 0 spiro atoms. The summed E-state index contributed by atoms with van der Waals surface area (Å²) in [5.41, 5.74) is 0.469. The molecular formula is C7H12N2. The second-order valence-electron chi connectivity index (χ2n) is 3.47. The Bertz CT molecular complexity index is 135. The topological polar surface area (TPSA) is 27.0 Å². The number of likely N-dealkylation sites (tertiary alicyclic amines) is 1. The molecule has 0 bridgehead atoms. The lowest BCUT2D eigenvalue weighted by Gasteiger charge is -2.44. The first-order valence-corrected chi connectivity index (χ1v) is 3.23. The summed E-state index contributed by atoms with van der Waals surface area (Å²) in [6.45, 7) is 7.21. The molecule has 9 heavy (non-hydrogen) atoms. The normalized spacial score (nSPS) is 24.6. The molecule has 1 aliphatic heterocycles. The number of nitriles is 1. The summed E-state index contributed by atoms with van der Waals surface area (Å²) >= 11 is 0. The average Bonchev–Trinajstić information content (AvgIpc) is 1.62. The average molecular weight is 124 g/mol. The number of hydrogen-bond acceptors (Lipinski definition) is 2. The van der Waals surface area contributed by atoms with Gasteiger partial charge in [0, 0.05) is 13.1 Å². The molecule has 0 aromatic carbocycles. The largest absolute Gasteiger partial charge is 0.289 e. The van der Waals surface area contributed by atoms with Crippen molar-refractivity contribution < 1.29 is 0 Å². The Balaban J connectivity index is 2.21. The molecule has 0 atom stereocenters. The Hall–Kier alpha value is -0.550. The van der Waals surface area contributed by atoms with Gasteiger partial charge in [-0.05, 0) is 5.41 Å². The zero-order valence-electron chi connectivity index (χ0n) is 6.02. The molecule has 1 aliphatic rings. The van der Waals surface area contributed by atoms with Crippen LogP contribution in [-0.2, 0) is 0 Å². The van der Waals surface area contributed by atoms with Gasteiger partial charge in [0.2, 0.25) is 0 Å². The fraction of sp³-hybridized carbons (Fsp3) is 0.857. The Morgan fingerprint density at radius 2 is 2.11 bits per heavy atom. The second-order valence-corrected chi connectivity index (χ2v) is 3.47. The van der Waals surface area contributed by atoms with Gasteiger partial charge in [-0.2, -0.15) is 5.26 Å². The van der Waals surface area contributed by atoms with Crippen molar-refractivity contribution in [2.24, 2.45) is 5.41 Å². The molecule has 2 heteroatoms. The fourth-order valence-electron chi connectivity index (χ4n) is 1.38. The van der Waals surface area contributed by atoms with Crippen molar-refractivity contribution in [1.82, 2.24) is 4.90 Å². The Morgan fingerprint density at radius 3 is 2.44 bits per heavy atom. The molecule has 1 heterocycles. The van der Waals surface area contributed by atoms with Gasteiger partial charge in [0.25, 0.3) is 0 Å². The Kier molecular flexibility index (Phi) is 1.46. The molecule has 0 amide bonds. The van der Waals surface area contributed by atoms with Crippen molar-refractivity contribution in [3.8, 4) is 6.07 Å². The molecule has 1 saturated heterocycles. The second kappa shape index (κ2) is 2.00. The van der Waals surface area contributed by atoms with E-state index in [2.05, 4.69) is 24.8 Å². The zero-order valence-corrected chi connectivity index (χ0v) is 6.02. The van der Waals surface area contributed by atoms with E-state index in [0.717, 1.165) is 13.1 Å². The van der Waals surface area contributed by atoms with Crippen LogP contribution in [0.1, 0.15) is 13.8 Å². The summed E-state index contributed by atoms with van der Waals surface area (Å²) in [7, 11) is 0.